The van der Waals surface area contributed by atoms with E-state index in [1.54, 1.807) is 30.3 Å². The zero-order chi connectivity index (χ0) is 28.6. The molecule has 0 aromatic heterocycles. The highest BCUT2D eigenvalue weighted by Gasteiger charge is 2.38. The Kier molecular flexibility index (Phi) is 7.92. The van der Waals surface area contributed by atoms with Crippen molar-refractivity contribution < 1.29 is 44.2 Å². The van der Waals surface area contributed by atoms with E-state index in [0.717, 1.165) is 16.0 Å². The van der Waals surface area contributed by atoms with Crippen LogP contribution in [0.15, 0.2) is 54.3 Å². The molecule has 39 heavy (non-hydrogen) atoms. The van der Waals surface area contributed by atoms with Crippen LogP contribution in [0, 0.1) is 5.82 Å². The molecule has 0 saturated carbocycles. The normalized spacial score (nSPS) is 20.8. The van der Waals surface area contributed by atoms with Crippen molar-refractivity contribution >= 4 is 28.6 Å². The lowest BCUT2D eigenvalue weighted by Gasteiger charge is -2.28. The molecule has 6 N–H and O–H groups in total. The van der Waals surface area contributed by atoms with Crippen LogP contribution < -0.4 is 5.32 Å². The predicted molar refractivity (Wildman–Crippen MR) is 140 cm³/mol. The summed E-state index contributed by atoms with van der Waals surface area (Å²) in [4.78, 5) is 26.7. The first-order valence-electron chi connectivity index (χ1n) is 12.3. The molecule has 0 saturated heterocycles. The van der Waals surface area contributed by atoms with Crippen molar-refractivity contribution in [1.29, 1.82) is 0 Å². The Hall–Kier alpha value is -3.61. The van der Waals surface area contributed by atoms with Crippen molar-refractivity contribution in [3.05, 3.63) is 76.8 Å². The highest BCUT2D eigenvalue weighted by molar-refractivity contribution is 6.32. The quantitative estimate of drug-likeness (QED) is 0.268. The molecule has 4 atom stereocenters. The second-order valence-electron chi connectivity index (χ2n) is 10.1. The van der Waals surface area contributed by atoms with Gasteiger partial charge in [-0.15, -0.1) is 0 Å². The monoisotopic (exact) mass is 542 g/mol. The Labute approximate surface area is 224 Å². The number of carbonyl (C=O) groups excluding carboxylic acids is 2. The molecular weight excluding hydrogens is 511 g/mol. The van der Waals surface area contributed by atoms with Crippen LogP contribution in [0.2, 0.25) is 0 Å². The van der Waals surface area contributed by atoms with E-state index in [1.807, 2.05) is 13.8 Å². The van der Waals surface area contributed by atoms with Crippen LogP contribution in [0.5, 0.6) is 0 Å². The van der Waals surface area contributed by atoms with Gasteiger partial charge >= 0.3 is 0 Å². The number of fused-ring (bicyclic) bond motifs is 1. The molecular formula is C28H31FN2O8. The minimum Gasteiger partial charge on any atom is -0.482 e. The van der Waals surface area contributed by atoms with E-state index in [1.165, 1.54) is 25.2 Å². The number of anilines is 1. The van der Waals surface area contributed by atoms with E-state index in [0.29, 0.717) is 28.1 Å². The third kappa shape index (κ3) is 5.58. The first-order valence-corrected chi connectivity index (χ1v) is 12.3. The van der Waals surface area contributed by atoms with Crippen molar-refractivity contribution in [2.24, 2.45) is 0 Å². The molecule has 11 heteroatoms. The number of allylic oxidation sites excluding steroid dienone is 1. The largest absolute Gasteiger partial charge is 0.482 e. The fourth-order valence-electron chi connectivity index (χ4n) is 4.66. The number of aliphatic hydroxyl groups excluding tert-OH is 5. The summed E-state index contributed by atoms with van der Waals surface area (Å²) < 4.78 is 19.8. The van der Waals surface area contributed by atoms with Crippen LogP contribution in [-0.4, -0.2) is 92.5 Å². The van der Waals surface area contributed by atoms with E-state index in [-0.39, 0.29) is 6.54 Å². The highest BCUT2D eigenvalue weighted by Crippen LogP contribution is 2.44. The molecule has 2 aliphatic rings. The van der Waals surface area contributed by atoms with E-state index < -0.39 is 54.3 Å². The van der Waals surface area contributed by atoms with Crippen molar-refractivity contribution in [3.8, 4) is 0 Å². The van der Waals surface area contributed by atoms with E-state index in [4.69, 9.17) is 9.84 Å². The van der Waals surface area contributed by atoms with Gasteiger partial charge < -0.3 is 40.5 Å². The molecule has 0 spiro atoms. The van der Waals surface area contributed by atoms with Gasteiger partial charge in [0.1, 0.15) is 41.6 Å². The van der Waals surface area contributed by atoms with Crippen molar-refractivity contribution in [2.75, 3.05) is 25.5 Å². The molecule has 0 fully saturated rings. The minimum absolute atomic E-state index is 0.293. The molecule has 0 bridgehead atoms. The maximum absolute atomic E-state index is 13.6. The fraction of sp³-hybridized carbons (Fsp3) is 0.357. The van der Waals surface area contributed by atoms with Gasteiger partial charge in [0.15, 0.2) is 0 Å². The standard InChI is InChI=1S/C28H31FN2O8/c1-28(2)18(11-22(39-28)23-17-9-8-16(29)10-19(17)30-26(23)37)14-4-6-15(7-5-14)27(38)31(3)12-20(33)24(35)25(36)21(34)13-32/h4-11,20-21,24-25,32-36H,12-13H2,1-3H3,(H,30,37)/t20-,21+,24+,25-/m0/s1. The molecule has 2 heterocycles. The summed E-state index contributed by atoms with van der Waals surface area (Å²) in [5.41, 5.74) is 2.20. The number of carbonyl (C=O) groups is 2. The fourth-order valence-corrected chi connectivity index (χ4v) is 4.66. The lowest BCUT2D eigenvalue weighted by molar-refractivity contribution is -0.117. The van der Waals surface area contributed by atoms with Gasteiger partial charge in [0.05, 0.1) is 17.9 Å². The van der Waals surface area contributed by atoms with Crippen LogP contribution in [0.25, 0.3) is 11.1 Å². The average Bonchev–Trinajstić information content (AvgIpc) is 3.40. The number of halogens is 1. The van der Waals surface area contributed by atoms with Gasteiger partial charge in [-0.3, -0.25) is 9.59 Å². The van der Waals surface area contributed by atoms with Gasteiger partial charge in [-0.2, -0.15) is 0 Å². The summed E-state index contributed by atoms with van der Waals surface area (Å²) in [6.07, 6.45) is -5.03. The van der Waals surface area contributed by atoms with Crippen molar-refractivity contribution in [1.82, 2.24) is 4.90 Å². The van der Waals surface area contributed by atoms with Crippen molar-refractivity contribution in [2.45, 2.75) is 43.9 Å². The number of nitrogens with one attached hydrogen (secondary N) is 1. The first-order chi connectivity index (χ1) is 18.3. The van der Waals surface area contributed by atoms with Crippen LogP contribution in [-0.2, 0) is 9.53 Å². The van der Waals surface area contributed by atoms with E-state index >= 15 is 0 Å². The SMILES string of the molecule is CN(C[C@H](O)[C@@H](O)[C@@H](O)[C@H](O)CO)C(=O)c1ccc(C2=CC(=C3C(=O)Nc4cc(F)ccc43)OC2(C)C)cc1. The van der Waals surface area contributed by atoms with Gasteiger partial charge in [0.25, 0.3) is 11.8 Å². The number of amides is 2. The second kappa shape index (κ2) is 10.9. The number of benzene rings is 2. The van der Waals surface area contributed by atoms with Crippen LogP contribution in [0.4, 0.5) is 10.1 Å². The Morgan fingerprint density at radius 2 is 1.69 bits per heavy atom. The molecule has 10 nitrogen and oxygen atoms in total. The number of nitrogens with zero attached hydrogens (tertiary/aromatic N) is 1. The van der Waals surface area contributed by atoms with Crippen LogP contribution in [0.1, 0.15) is 35.3 Å². The maximum atomic E-state index is 13.6. The Bertz CT molecular complexity index is 1340. The Balaban J connectivity index is 1.53. The third-order valence-corrected chi connectivity index (χ3v) is 6.84. The summed E-state index contributed by atoms with van der Waals surface area (Å²) in [6, 6.07) is 10.7. The number of hydrogen-bond acceptors (Lipinski definition) is 8. The molecule has 2 aromatic rings. The zero-order valence-corrected chi connectivity index (χ0v) is 21.6. The molecule has 0 unspecified atom stereocenters. The summed E-state index contributed by atoms with van der Waals surface area (Å²) in [5.74, 6) is -0.976. The molecule has 2 aliphatic heterocycles. The summed E-state index contributed by atoms with van der Waals surface area (Å²) in [5, 5.41) is 51.0. The predicted octanol–water partition coefficient (Wildman–Crippen LogP) is 0.889. The second-order valence-corrected chi connectivity index (χ2v) is 10.1. The van der Waals surface area contributed by atoms with Crippen molar-refractivity contribution in [3.63, 3.8) is 0 Å². The smallest absolute Gasteiger partial charge is 0.260 e. The van der Waals surface area contributed by atoms with Crippen LogP contribution in [0.3, 0.4) is 0 Å². The zero-order valence-electron chi connectivity index (χ0n) is 21.6. The topological polar surface area (TPSA) is 160 Å². The first kappa shape index (κ1) is 28.4. The summed E-state index contributed by atoms with van der Waals surface area (Å²) >= 11 is 0. The van der Waals surface area contributed by atoms with Gasteiger partial charge in [-0.05, 0) is 55.8 Å². The molecule has 2 amide bonds. The minimum atomic E-state index is -1.79. The van der Waals surface area contributed by atoms with Gasteiger partial charge in [0.2, 0.25) is 0 Å². The lowest BCUT2D eigenvalue weighted by atomic mass is 9.91. The van der Waals surface area contributed by atoms with Gasteiger partial charge in [-0.1, -0.05) is 12.1 Å². The Morgan fingerprint density at radius 1 is 1.05 bits per heavy atom. The molecule has 2 aromatic carbocycles. The van der Waals surface area contributed by atoms with E-state index in [9.17, 15) is 34.4 Å². The lowest BCUT2D eigenvalue weighted by Crippen LogP contribution is -2.49. The maximum Gasteiger partial charge on any atom is 0.260 e. The molecule has 0 aliphatic carbocycles. The molecule has 0 radical (unpaired) electrons. The number of ether oxygens (including phenoxy) is 1. The van der Waals surface area contributed by atoms with E-state index in [2.05, 4.69) is 5.32 Å². The number of aliphatic hydroxyl groups is 5. The summed E-state index contributed by atoms with van der Waals surface area (Å²) in [6.45, 7) is 2.54. The Morgan fingerprint density at radius 3 is 2.33 bits per heavy atom. The third-order valence-electron chi connectivity index (χ3n) is 6.84. The number of likely N-dealkylation sites (N-methyl/N-ethyl adjacent to an activating group) is 1. The summed E-state index contributed by atoms with van der Waals surface area (Å²) in [7, 11) is 1.41. The molecule has 4 rings (SSSR count). The van der Waals surface area contributed by atoms with Crippen LogP contribution >= 0.6 is 0 Å². The average molecular weight is 543 g/mol. The van der Waals surface area contributed by atoms with Gasteiger partial charge in [-0.25, -0.2) is 4.39 Å². The number of rotatable bonds is 8. The van der Waals surface area contributed by atoms with Gasteiger partial charge in [0, 0.05) is 30.3 Å². The number of hydrogen-bond donors (Lipinski definition) is 6. The highest BCUT2D eigenvalue weighted by atomic mass is 19.1. The molecule has 208 valence electrons.